The summed E-state index contributed by atoms with van der Waals surface area (Å²) < 4.78 is 0. The minimum Gasteiger partial charge on any atom is -0.393 e. The van der Waals surface area contributed by atoms with Crippen molar-refractivity contribution in [2.24, 2.45) is 0 Å². The molecule has 1 aromatic carbocycles. The molecular weight excluding hydrogens is 214 g/mol. The normalized spacial score (nSPS) is 13.4. The van der Waals surface area contributed by atoms with E-state index in [4.69, 9.17) is 0 Å². The van der Waals surface area contributed by atoms with Crippen molar-refractivity contribution in [2.75, 3.05) is 13.6 Å². The molecular formula is C13H19N3O. The number of aliphatic hydroxyl groups is 1. The lowest BCUT2D eigenvalue weighted by atomic mass is 10.3. The summed E-state index contributed by atoms with van der Waals surface area (Å²) in [4.78, 5) is 9.98. The molecule has 1 unspecified atom stereocenters. The Labute approximate surface area is 101 Å². The molecule has 4 heteroatoms. The van der Waals surface area contributed by atoms with Crippen LogP contribution in [0.4, 0.5) is 0 Å². The number of nitrogens with zero attached hydrogens (tertiary/aromatic N) is 2. The largest absolute Gasteiger partial charge is 0.393 e. The van der Waals surface area contributed by atoms with Crippen LogP contribution in [0.1, 0.15) is 19.2 Å². The molecule has 0 amide bonds. The van der Waals surface area contributed by atoms with E-state index in [0.717, 1.165) is 36.4 Å². The molecule has 0 radical (unpaired) electrons. The van der Waals surface area contributed by atoms with Gasteiger partial charge in [0.15, 0.2) is 0 Å². The van der Waals surface area contributed by atoms with Crippen molar-refractivity contribution in [3.05, 3.63) is 30.1 Å². The number of aromatic amines is 1. The van der Waals surface area contributed by atoms with Crippen LogP contribution >= 0.6 is 0 Å². The topological polar surface area (TPSA) is 52.1 Å². The average molecular weight is 233 g/mol. The summed E-state index contributed by atoms with van der Waals surface area (Å²) in [5, 5.41) is 9.23. The first kappa shape index (κ1) is 12.1. The number of aromatic nitrogens is 2. The van der Waals surface area contributed by atoms with E-state index in [9.17, 15) is 5.11 Å². The Morgan fingerprint density at radius 1 is 1.41 bits per heavy atom. The monoisotopic (exact) mass is 233 g/mol. The maximum atomic E-state index is 9.23. The molecule has 92 valence electrons. The van der Waals surface area contributed by atoms with E-state index >= 15 is 0 Å². The number of rotatable bonds is 5. The number of hydrogen-bond donors (Lipinski definition) is 2. The highest BCUT2D eigenvalue weighted by molar-refractivity contribution is 5.74. The lowest BCUT2D eigenvalue weighted by Crippen LogP contribution is -2.22. The zero-order valence-electron chi connectivity index (χ0n) is 10.3. The quantitative estimate of drug-likeness (QED) is 0.827. The van der Waals surface area contributed by atoms with Crippen LogP contribution in [0.15, 0.2) is 24.3 Å². The average Bonchev–Trinajstić information content (AvgIpc) is 2.68. The van der Waals surface area contributed by atoms with Gasteiger partial charge in [0.05, 0.1) is 23.7 Å². The van der Waals surface area contributed by atoms with E-state index in [0.29, 0.717) is 0 Å². The van der Waals surface area contributed by atoms with Crippen molar-refractivity contribution in [1.82, 2.24) is 14.9 Å². The van der Waals surface area contributed by atoms with Gasteiger partial charge in [-0.1, -0.05) is 12.1 Å². The number of nitrogens with one attached hydrogen (secondary N) is 1. The van der Waals surface area contributed by atoms with Crippen LogP contribution in [0, 0.1) is 0 Å². The van der Waals surface area contributed by atoms with Crippen molar-refractivity contribution >= 4 is 11.0 Å². The Kier molecular flexibility index (Phi) is 3.76. The Balaban J connectivity index is 1.98. The van der Waals surface area contributed by atoms with Gasteiger partial charge in [-0.25, -0.2) is 4.98 Å². The van der Waals surface area contributed by atoms with Crippen LogP contribution in [-0.2, 0) is 6.54 Å². The fourth-order valence-electron chi connectivity index (χ4n) is 1.82. The fraction of sp³-hybridized carbons (Fsp3) is 0.462. The van der Waals surface area contributed by atoms with Crippen molar-refractivity contribution in [3.63, 3.8) is 0 Å². The molecule has 17 heavy (non-hydrogen) atoms. The molecule has 4 nitrogen and oxygen atoms in total. The van der Waals surface area contributed by atoms with Crippen LogP contribution in [0.3, 0.4) is 0 Å². The third-order valence-electron chi connectivity index (χ3n) is 2.79. The summed E-state index contributed by atoms with van der Waals surface area (Å²) in [6.45, 7) is 3.46. The number of hydrogen-bond acceptors (Lipinski definition) is 3. The maximum absolute atomic E-state index is 9.23. The highest BCUT2D eigenvalue weighted by atomic mass is 16.3. The van der Waals surface area contributed by atoms with Gasteiger partial charge >= 0.3 is 0 Å². The van der Waals surface area contributed by atoms with E-state index in [1.54, 1.807) is 0 Å². The highest BCUT2D eigenvalue weighted by Gasteiger charge is 2.06. The van der Waals surface area contributed by atoms with E-state index < -0.39 is 0 Å². The van der Waals surface area contributed by atoms with Gasteiger partial charge in [-0.2, -0.15) is 0 Å². The first-order valence-corrected chi connectivity index (χ1v) is 5.95. The minimum atomic E-state index is -0.242. The van der Waals surface area contributed by atoms with E-state index in [1.165, 1.54) is 0 Å². The van der Waals surface area contributed by atoms with Crippen molar-refractivity contribution in [1.29, 1.82) is 0 Å². The molecule has 2 rings (SSSR count). The molecule has 0 aliphatic rings. The molecule has 0 saturated carbocycles. The minimum absolute atomic E-state index is 0.242. The molecule has 2 N–H and O–H groups in total. The summed E-state index contributed by atoms with van der Waals surface area (Å²) in [5.41, 5.74) is 2.08. The van der Waals surface area contributed by atoms with Crippen LogP contribution in [0.2, 0.25) is 0 Å². The predicted molar refractivity (Wildman–Crippen MR) is 68.7 cm³/mol. The second-order valence-corrected chi connectivity index (χ2v) is 4.58. The summed E-state index contributed by atoms with van der Waals surface area (Å²) >= 11 is 0. The number of fused-ring (bicyclic) bond motifs is 1. The van der Waals surface area contributed by atoms with Crippen LogP contribution in [0.5, 0.6) is 0 Å². The van der Waals surface area contributed by atoms with Gasteiger partial charge in [-0.05, 0) is 32.5 Å². The Hall–Kier alpha value is -1.39. The van der Waals surface area contributed by atoms with Crippen LogP contribution < -0.4 is 0 Å². The molecule has 1 heterocycles. The standard InChI is InChI=1S/C13H19N3O/c1-10(17)7-8-16(2)9-13-14-11-5-3-4-6-12(11)15-13/h3-6,10,17H,7-9H2,1-2H3,(H,14,15). The highest BCUT2D eigenvalue weighted by Crippen LogP contribution is 2.11. The number of imidazole rings is 1. The Morgan fingerprint density at radius 2 is 2.18 bits per heavy atom. The van der Waals surface area contributed by atoms with Gasteiger partial charge in [0.25, 0.3) is 0 Å². The first-order chi connectivity index (χ1) is 8.15. The molecule has 0 spiro atoms. The Bertz CT molecular complexity index is 445. The maximum Gasteiger partial charge on any atom is 0.121 e. The molecule has 2 aromatic rings. The van der Waals surface area contributed by atoms with Gasteiger partial charge in [-0.15, -0.1) is 0 Å². The van der Waals surface area contributed by atoms with E-state index in [2.05, 4.69) is 14.9 Å². The molecule has 1 aromatic heterocycles. The fourth-order valence-corrected chi connectivity index (χ4v) is 1.82. The molecule has 0 aliphatic heterocycles. The zero-order valence-corrected chi connectivity index (χ0v) is 10.3. The van der Waals surface area contributed by atoms with Gasteiger partial charge < -0.3 is 10.1 Å². The van der Waals surface area contributed by atoms with E-state index in [-0.39, 0.29) is 6.10 Å². The Morgan fingerprint density at radius 3 is 2.88 bits per heavy atom. The summed E-state index contributed by atoms with van der Waals surface area (Å²) in [6.07, 6.45) is 0.546. The van der Waals surface area contributed by atoms with Gasteiger partial charge in [-0.3, -0.25) is 4.90 Å². The van der Waals surface area contributed by atoms with E-state index in [1.807, 2.05) is 38.2 Å². The summed E-state index contributed by atoms with van der Waals surface area (Å²) in [7, 11) is 2.04. The zero-order chi connectivity index (χ0) is 12.3. The number of aliphatic hydroxyl groups excluding tert-OH is 1. The lowest BCUT2D eigenvalue weighted by Gasteiger charge is -2.15. The SMILES string of the molecule is CC(O)CCN(C)Cc1nc2ccccc2[nH]1. The van der Waals surface area contributed by atoms with Gasteiger partial charge in [0, 0.05) is 6.54 Å². The molecule has 0 bridgehead atoms. The molecule has 0 aliphatic carbocycles. The van der Waals surface area contributed by atoms with Gasteiger partial charge in [0.2, 0.25) is 0 Å². The summed E-state index contributed by atoms with van der Waals surface area (Å²) in [5.74, 6) is 0.972. The third-order valence-corrected chi connectivity index (χ3v) is 2.79. The number of benzene rings is 1. The first-order valence-electron chi connectivity index (χ1n) is 5.95. The van der Waals surface area contributed by atoms with Crippen molar-refractivity contribution in [3.8, 4) is 0 Å². The number of para-hydroxylation sites is 2. The van der Waals surface area contributed by atoms with Gasteiger partial charge in [0.1, 0.15) is 5.82 Å². The van der Waals surface area contributed by atoms with Crippen LogP contribution in [-0.4, -0.2) is 39.7 Å². The third kappa shape index (κ3) is 3.28. The predicted octanol–water partition coefficient (Wildman–Crippen LogP) is 1.77. The molecule has 0 fully saturated rings. The molecule has 0 saturated heterocycles. The van der Waals surface area contributed by atoms with Crippen LogP contribution in [0.25, 0.3) is 11.0 Å². The molecule has 1 atom stereocenters. The lowest BCUT2D eigenvalue weighted by molar-refractivity contribution is 0.162. The second-order valence-electron chi connectivity index (χ2n) is 4.58. The second kappa shape index (κ2) is 5.29. The number of H-pyrrole nitrogens is 1. The smallest absolute Gasteiger partial charge is 0.121 e. The summed E-state index contributed by atoms with van der Waals surface area (Å²) in [6, 6.07) is 8.03. The van der Waals surface area contributed by atoms with Crippen molar-refractivity contribution in [2.45, 2.75) is 26.0 Å². The van der Waals surface area contributed by atoms with Crippen molar-refractivity contribution < 1.29 is 5.11 Å².